The van der Waals surface area contributed by atoms with Crippen molar-refractivity contribution < 1.29 is 33.9 Å². The first-order valence-corrected chi connectivity index (χ1v) is 17.1. The lowest BCUT2D eigenvalue weighted by Crippen LogP contribution is -2.60. The Morgan fingerprint density at radius 2 is 1.22 bits per heavy atom. The normalized spacial score (nSPS) is 25.9. The molecule has 0 saturated carbocycles. The van der Waals surface area contributed by atoms with Crippen molar-refractivity contribution in [2.24, 2.45) is 5.92 Å². The summed E-state index contributed by atoms with van der Waals surface area (Å²) in [5.74, 6) is -2.92. The highest BCUT2D eigenvalue weighted by Gasteiger charge is 2.41. The number of benzene rings is 2. The predicted octanol–water partition coefficient (Wildman–Crippen LogP) is 0.790. The Morgan fingerprint density at radius 3 is 1.86 bits per heavy atom. The number of nitrogens with zero attached hydrogens (tertiary/aromatic N) is 2. The van der Waals surface area contributed by atoms with Crippen LogP contribution < -0.4 is 21.3 Å². The average molecular weight is 675 g/mol. The fourth-order valence-corrected chi connectivity index (χ4v) is 6.90. The van der Waals surface area contributed by atoms with Gasteiger partial charge in [0.2, 0.25) is 35.4 Å². The molecule has 13 nitrogen and oxygen atoms in total. The van der Waals surface area contributed by atoms with Gasteiger partial charge in [0.05, 0.1) is 6.54 Å². The van der Waals surface area contributed by atoms with E-state index in [2.05, 4.69) is 21.3 Å². The summed E-state index contributed by atoms with van der Waals surface area (Å²) in [4.78, 5) is 85.5. The van der Waals surface area contributed by atoms with Crippen LogP contribution in [0.3, 0.4) is 0 Å². The molecule has 6 amide bonds. The van der Waals surface area contributed by atoms with Gasteiger partial charge in [-0.3, -0.25) is 28.8 Å². The molecule has 3 saturated heterocycles. The van der Waals surface area contributed by atoms with Gasteiger partial charge in [-0.25, -0.2) is 0 Å². The smallest absolute Gasteiger partial charge is 0.246 e. The number of fused-ring (bicyclic) bond motifs is 2. The number of hydrogen-bond acceptors (Lipinski definition) is 7. The quantitative estimate of drug-likeness (QED) is 0.301. The van der Waals surface area contributed by atoms with E-state index in [0.29, 0.717) is 50.8 Å². The summed E-state index contributed by atoms with van der Waals surface area (Å²) in [5, 5.41) is 21.0. The van der Waals surface area contributed by atoms with Crippen LogP contribution in [0.15, 0.2) is 54.6 Å². The van der Waals surface area contributed by atoms with E-state index in [1.807, 2.05) is 44.2 Å². The molecular formula is C36H46N6O7. The average Bonchev–Trinajstić information content (AvgIpc) is 3.77. The van der Waals surface area contributed by atoms with Crippen molar-refractivity contribution in [3.8, 4) is 5.75 Å². The molecule has 5 N–H and O–H groups in total. The Balaban J connectivity index is 1.50. The van der Waals surface area contributed by atoms with E-state index >= 15 is 0 Å². The van der Waals surface area contributed by atoms with Crippen LogP contribution in [-0.4, -0.2) is 100 Å². The highest BCUT2D eigenvalue weighted by atomic mass is 16.3. The van der Waals surface area contributed by atoms with Crippen LogP contribution in [0.1, 0.15) is 57.1 Å². The molecule has 2 aromatic carbocycles. The minimum Gasteiger partial charge on any atom is -0.508 e. The van der Waals surface area contributed by atoms with Gasteiger partial charge >= 0.3 is 0 Å². The van der Waals surface area contributed by atoms with Crippen molar-refractivity contribution in [3.05, 3.63) is 65.7 Å². The molecule has 0 radical (unpaired) electrons. The summed E-state index contributed by atoms with van der Waals surface area (Å²) in [6.45, 7) is 4.05. The first-order valence-electron chi connectivity index (χ1n) is 17.1. The Kier molecular flexibility index (Phi) is 11.5. The number of rotatable bonds is 6. The molecule has 5 atom stereocenters. The van der Waals surface area contributed by atoms with Gasteiger partial charge in [-0.15, -0.1) is 0 Å². The fraction of sp³-hybridized carbons (Fsp3) is 0.500. The van der Waals surface area contributed by atoms with E-state index in [4.69, 9.17) is 0 Å². The molecule has 13 heteroatoms. The number of carbonyl (C=O) groups excluding carboxylic acids is 6. The molecule has 3 fully saturated rings. The van der Waals surface area contributed by atoms with Gasteiger partial charge in [-0.1, -0.05) is 56.3 Å². The van der Waals surface area contributed by atoms with E-state index in [1.54, 1.807) is 12.1 Å². The zero-order valence-corrected chi connectivity index (χ0v) is 28.0. The summed E-state index contributed by atoms with van der Waals surface area (Å²) >= 11 is 0. The van der Waals surface area contributed by atoms with E-state index < -0.39 is 65.7 Å². The van der Waals surface area contributed by atoms with Gasteiger partial charge in [0.25, 0.3) is 0 Å². The van der Waals surface area contributed by atoms with Gasteiger partial charge in [0.15, 0.2) is 0 Å². The minimum absolute atomic E-state index is 0.0388. The lowest BCUT2D eigenvalue weighted by Gasteiger charge is -2.32. The lowest BCUT2D eigenvalue weighted by atomic mass is 10.0. The van der Waals surface area contributed by atoms with Crippen LogP contribution in [0.5, 0.6) is 5.75 Å². The third-order valence-corrected chi connectivity index (χ3v) is 9.35. The molecule has 0 aliphatic carbocycles. The Hall–Kier alpha value is -4.94. The van der Waals surface area contributed by atoms with Gasteiger partial charge in [0, 0.05) is 25.9 Å². The van der Waals surface area contributed by atoms with Gasteiger partial charge in [-0.05, 0) is 61.3 Å². The first kappa shape index (κ1) is 35.4. The second-order valence-electron chi connectivity index (χ2n) is 13.5. The molecule has 0 bridgehead atoms. The zero-order chi connectivity index (χ0) is 35.1. The van der Waals surface area contributed by atoms with Crippen molar-refractivity contribution in [1.29, 1.82) is 0 Å². The molecular weight excluding hydrogens is 628 g/mol. The second-order valence-corrected chi connectivity index (χ2v) is 13.5. The van der Waals surface area contributed by atoms with Crippen molar-refractivity contribution in [3.63, 3.8) is 0 Å². The maximum atomic E-state index is 14.2. The fourth-order valence-electron chi connectivity index (χ4n) is 6.90. The number of nitrogens with one attached hydrogen (secondary N) is 4. The monoisotopic (exact) mass is 674 g/mol. The Morgan fingerprint density at radius 1 is 0.673 bits per heavy atom. The van der Waals surface area contributed by atoms with Crippen molar-refractivity contribution in [2.45, 2.75) is 89.0 Å². The number of carbonyl (C=O) groups is 6. The minimum atomic E-state index is -1.14. The summed E-state index contributed by atoms with van der Waals surface area (Å²) in [5.41, 5.74) is 1.44. The first-order chi connectivity index (χ1) is 23.5. The predicted molar refractivity (Wildman–Crippen MR) is 180 cm³/mol. The molecule has 0 spiro atoms. The molecule has 49 heavy (non-hydrogen) atoms. The highest BCUT2D eigenvalue weighted by molar-refractivity contribution is 5.98. The third-order valence-electron chi connectivity index (χ3n) is 9.35. The largest absolute Gasteiger partial charge is 0.508 e. The Labute approximate surface area is 286 Å². The number of aromatic hydroxyl groups is 1. The van der Waals surface area contributed by atoms with Crippen molar-refractivity contribution in [1.82, 2.24) is 31.1 Å². The summed E-state index contributed by atoms with van der Waals surface area (Å²) in [6, 6.07) is 10.6. The molecule has 3 aliphatic rings. The summed E-state index contributed by atoms with van der Waals surface area (Å²) in [6.07, 6.45) is 2.38. The highest BCUT2D eigenvalue weighted by Crippen LogP contribution is 2.23. The van der Waals surface area contributed by atoms with Gasteiger partial charge in [-0.2, -0.15) is 0 Å². The van der Waals surface area contributed by atoms with Crippen LogP contribution in [-0.2, 0) is 41.6 Å². The van der Waals surface area contributed by atoms with Crippen LogP contribution in [0.2, 0.25) is 0 Å². The molecule has 5 rings (SSSR count). The number of amides is 6. The van der Waals surface area contributed by atoms with Gasteiger partial charge < -0.3 is 36.2 Å². The van der Waals surface area contributed by atoms with E-state index in [9.17, 15) is 33.9 Å². The van der Waals surface area contributed by atoms with Crippen molar-refractivity contribution >= 4 is 35.4 Å². The molecule has 5 unspecified atom stereocenters. The summed E-state index contributed by atoms with van der Waals surface area (Å²) < 4.78 is 0. The van der Waals surface area contributed by atoms with Crippen molar-refractivity contribution in [2.75, 3.05) is 19.6 Å². The van der Waals surface area contributed by atoms with Crippen LogP contribution >= 0.6 is 0 Å². The second kappa shape index (κ2) is 16.0. The SMILES string of the molecule is CC(C)CC1NC(=O)CNC(=O)C2CCCN2C(=O)C(Cc2ccccc2)NC(=O)C(Cc2ccc(O)cc2)NC(=O)C2CCCN2C1=O. The van der Waals surface area contributed by atoms with Gasteiger partial charge in [0.1, 0.15) is 36.0 Å². The lowest BCUT2D eigenvalue weighted by molar-refractivity contribution is -0.144. The van der Waals surface area contributed by atoms with E-state index in [1.165, 1.54) is 21.9 Å². The molecule has 3 aliphatic heterocycles. The van der Waals surface area contributed by atoms with Crippen LogP contribution in [0.25, 0.3) is 0 Å². The Bertz CT molecular complexity index is 1530. The number of phenols is 1. The standard InChI is InChI=1S/C36H46N6O7/c1-22(2)18-27-35(48)42-17-7-11-30(42)34(47)39-26(19-24-12-14-25(43)15-13-24)32(45)40-28(20-23-8-4-3-5-9-23)36(49)41-16-6-10-29(41)33(46)37-21-31(44)38-27/h3-5,8-9,12-15,22,26-30,43H,6-7,10-11,16-21H2,1-2H3,(H,37,46)(H,38,44)(H,39,47)(H,40,45). The zero-order valence-electron chi connectivity index (χ0n) is 28.0. The molecule has 0 aromatic heterocycles. The molecule has 3 heterocycles. The summed E-state index contributed by atoms with van der Waals surface area (Å²) in [7, 11) is 0. The maximum Gasteiger partial charge on any atom is 0.246 e. The molecule has 2 aromatic rings. The van der Waals surface area contributed by atoms with E-state index in [-0.39, 0.29) is 31.1 Å². The topological polar surface area (TPSA) is 177 Å². The van der Waals surface area contributed by atoms with Crippen LogP contribution in [0.4, 0.5) is 0 Å². The van der Waals surface area contributed by atoms with Crippen LogP contribution in [0, 0.1) is 5.92 Å². The number of hydrogen-bond donors (Lipinski definition) is 5. The maximum absolute atomic E-state index is 14.2. The van der Waals surface area contributed by atoms with E-state index in [0.717, 1.165) is 5.56 Å². The molecule has 262 valence electrons. The number of phenolic OH excluding ortho intramolecular Hbond substituents is 1. The third kappa shape index (κ3) is 8.95.